The van der Waals surface area contributed by atoms with E-state index in [0.717, 1.165) is 125 Å². The number of alkyl halides is 3. The monoisotopic (exact) mass is 930 g/mol. The minimum absolute atomic E-state index is 0.0694. The summed E-state index contributed by atoms with van der Waals surface area (Å²) in [6.07, 6.45) is 8.48. The Morgan fingerprint density at radius 1 is 0.969 bits per heavy atom. The Morgan fingerprint density at radius 2 is 1.75 bits per heavy atom. The van der Waals surface area contributed by atoms with Gasteiger partial charge >= 0.3 is 5.51 Å². The summed E-state index contributed by atoms with van der Waals surface area (Å²) in [5, 5.41) is 8.34. The van der Waals surface area contributed by atoms with Crippen molar-refractivity contribution in [2.75, 3.05) is 69.1 Å². The lowest BCUT2D eigenvalue weighted by atomic mass is 9.72. The Labute approximate surface area is 386 Å². The van der Waals surface area contributed by atoms with Crippen LogP contribution in [-0.4, -0.2) is 102 Å². The van der Waals surface area contributed by atoms with E-state index in [1.165, 1.54) is 22.8 Å². The Balaban J connectivity index is 0.887. The summed E-state index contributed by atoms with van der Waals surface area (Å²) in [6.45, 7) is 12.9. The predicted octanol–water partition coefficient (Wildman–Crippen LogP) is 10.7. The number of nitrogens with zero attached hydrogens (tertiary/aromatic N) is 4. The summed E-state index contributed by atoms with van der Waals surface area (Å²) < 4.78 is 50.8. The SMILES string of the molecule is CC1(C)CCC(CN2CCN(c3ccc(C(=O)NSc4ccc(NC5CC(N6CCNCC6)C5)c(SC(F)(F)F)c4)c(Oc4cnc5[nH]ccc5c4)c3)CC2)=C(c2ccc(Cl)cc2)C1. The highest BCUT2D eigenvalue weighted by atomic mass is 35.5. The van der Waals surface area contributed by atoms with Gasteiger partial charge in [-0.05, 0) is 127 Å². The maximum absolute atomic E-state index is 14.0. The lowest BCUT2D eigenvalue weighted by Gasteiger charge is -2.45. The molecule has 10 nitrogen and oxygen atoms in total. The van der Waals surface area contributed by atoms with E-state index in [4.69, 9.17) is 16.3 Å². The molecule has 2 aliphatic heterocycles. The topological polar surface area (TPSA) is 101 Å². The van der Waals surface area contributed by atoms with Gasteiger partial charge in [-0.15, -0.1) is 0 Å². The van der Waals surface area contributed by atoms with E-state index in [1.807, 2.05) is 36.4 Å². The van der Waals surface area contributed by atoms with Crippen molar-refractivity contribution in [3.63, 3.8) is 0 Å². The number of allylic oxidation sites excluding steroid dienone is 1. The molecular weight excluding hydrogens is 877 g/mol. The minimum Gasteiger partial charge on any atom is -0.455 e. The number of H-pyrrole nitrogens is 1. The molecule has 4 N–H and O–H groups in total. The molecular formula is C48H54ClF3N8O2S2. The van der Waals surface area contributed by atoms with Crippen LogP contribution in [0, 0.1) is 5.41 Å². The summed E-state index contributed by atoms with van der Waals surface area (Å²) in [5.74, 6) is 0.386. The van der Waals surface area contributed by atoms with E-state index in [0.29, 0.717) is 28.1 Å². The van der Waals surface area contributed by atoms with Gasteiger partial charge in [0, 0.05) is 115 Å². The largest absolute Gasteiger partial charge is 0.455 e. The maximum Gasteiger partial charge on any atom is 0.446 e. The third-order valence-corrected chi connectivity index (χ3v) is 14.7. The molecule has 2 aliphatic carbocycles. The number of carbonyl (C=O) groups is 1. The molecule has 9 rings (SSSR count). The smallest absolute Gasteiger partial charge is 0.446 e. The number of amides is 1. The van der Waals surface area contributed by atoms with Crippen LogP contribution in [-0.2, 0) is 0 Å². The molecule has 0 spiro atoms. The summed E-state index contributed by atoms with van der Waals surface area (Å²) in [7, 11) is 0. The van der Waals surface area contributed by atoms with Gasteiger partial charge in [0.1, 0.15) is 17.1 Å². The van der Waals surface area contributed by atoms with Crippen LogP contribution in [0.25, 0.3) is 16.6 Å². The number of pyridine rings is 1. The van der Waals surface area contributed by atoms with Crippen molar-refractivity contribution in [1.82, 2.24) is 29.8 Å². The molecule has 4 aliphatic rings. The zero-order chi connectivity index (χ0) is 44.4. The Hall–Kier alpha value is -4.38. The molecule has 5 aromatic rings. The average Bonchev–Trinajstić information content (AvgIpc) is 3.73. The highest BCUT2D eigenvalue weighted by molar-refractivity contribution is 8.00. The van der Waals surface area contributed by atoms with Crippen LogP contribution < -0.4 is 25.0 Å². The molecule has 2 saturated heterocycles. The van der Waals surface area contributed by atoms with Crippen molar-refractivity contribution in [2.45, 2.75) is 73.3 Å². The standard InChI is InChI=1S/C48H54ClF3N8O2S2/c1-47(2)13-11-33(41(28-47)31-3-5-34(49)6-4-31)30-58-19-21-60(22-20-58)36-7-9-40(43(26-36)62-38-23-32-12-14-54-45(32)55-29-38)46(61)57-64-39-8-10-42(44(27-39)63-48(50,51)52)56-35-24-37(25-35)59-17-15-53-16-18-59/h3-10,12,14,23,26-27,29,35,37,53,56H,11,13,15-22,24-25,28,30H2,1-2H3,(H,54,55)(H,57,61). The Bertz CT molecular complexity index is 2480. The van der Waals surface area contributed by atoms with Crippen molar-refractivity contribution in [3.8, 4) is 11.5 Å². The molecule has 0 unspecified atom stereocenters. The van der Waals surface area contributed by atoms with Crippen molar-refractivity contribution < 1.29 is 22.7 Å². The number of rotatable bonds is 13. The maximum atomic E-state index is 14.0. The number of thioether (sulfide) groups is 1. The zero-order valence-electron chi connectivity index (χ0n) is 36.1. The zero-order valence-corrected chi connectivity index (χ0v) is 38.5. The molecule has 0 atom stereocenters. The van der Waals surface area contributed by atoms with Gasteiger partial charge in [-0.1, -0.05) is 43.2 Å². The van der Waals surface area contributed by atoms with Crippen LogP contribution in [0.4, 0.5) is 24.5 Å². The first-order chi connectivity index (χ1) is 30.8. The first kappa shape index (κ1) is 44.8. The van der Waals surface area contributed by atoms with E-state index < -0.39 is 11.4 Å². The normalized spacial score (nSPS) is 20.9. The summed E-state index contributed by atoms with van der Waals surface area (Å²) in [5.41, 5.74) is 2.35. The number of halogens is 4. The fourth-order valence-electron chi connectivity index (χ4n) is 9.31. The fraction of sp³-hybridized carbons (Fsp3) is 0.417. The van der Waals surface area contributed by atoms with Gasteiger partial charge in [0.15, 0.2) is 0 Å². The van der Waals surface area contributed by atoms with Gasteiger partial charge in [0.05, 0.1) is 11.8 Å². The van der Waals surface area contributed by atoms with Crippen LogP contribution in [0.1, 0.15) is 61.9 Å². The molecule has 64 heavy (non-hydrogen) atoms. The molecule has 16 heteroatoms. The van der Waals surface area contributed by atoms with Gasteiger partial charge in [-0.3, -0.25) is 19.3 Å². The third-order valence-electron chi connectivity index (χ3n) is 12.9. The number of anilines is 2. The van der Waals surface area contributed by atoms with E-state index in [1.54, 1.807) is 30.6 Å². The molecule has 4 heterocycles. The van der Waals surface area contributed by atoms with Gasteiger partial charge in [-0.2, -0.15) is 13.2 Å². The van der Waals surface area contributed by atoms with E-state index in [9.17, 15) is 18.0 Å². The summed E-state index contributed by atoms with van der Waals surface area (Å²) in [6, 6.07) is 23.1. The molecule has 1 saturated carbocycles. The Morgan fingerprint density at radius 3 is 2.52 bits per heavy atom. The second-order valence-corrected chi connectivity index (χ2v) is 20.5. The molecule has 2 aromatic heterocycles. The number of hydrogen-bond acceptors (Lipinski definition) is 10. The van der Waals surface area contributed by atoms with Gasteiger partial charge in [-0.25, -0.2) is 4.98 Å². The summed E-state index contributed by atoms with van der Waals surface area (Å²) >= 11 is 7.09. The molecule has 3 fully saturated rings. The fourth-order valence-corrected chi connectivity index (χ4v) is 10.8. The van der Waals surface area contributed by atoms with Crippen molar-refractivity contribution in [2.24, 2.45) is 5.41 Å². The lowest BCUT2D eigenvalue weighted by molar-refractivity contribution is -0.0328. The van der Waals surface area contributed by atoms with Crippen LogP contribution in [0.15, 0.2) is 101 Å². The van der Waals surface area contributed by atoms with Gasteiger partial charge in [0.25, 0.3) is 5.91 Å². The number of fused-ring (bicyclic) bond motifs is 1. The van der Waals surface area contributed by atoms with Crippen molar-refractivity contribution >= 4 is 69.2 Å². The van der Waals surface area contributed by atoms with Crippen molar-refractivity contribution in [1.29, 1.82) is 0 Å². The first-order valence-electron chi connectivity index (χ1n) is 22.1. The molecule has 0 radical (unpaired) electrons. The second-order valence-electron chi connectivity index (χ2n) is 18.1. The van der Waals surface area contributed by atoms with Crippen LogP contribution in [0.3, 0.4) is 0 Å². The minimum atomic E-state index is -4.48. The quantitative estimate of drug-likeness (QED) is 0.0675. The Kier molecular flexibility index (Phi) is 13.5. The van der Waals surface area contributed by atoms with Crippen LogP contribution in [0.2, 0.25) is 5.02 Å². The molecule has 338 valence electrons. The van der Waals surface area contributed by atoms with E-state index >= 15 is 0 Å². The second kappa shape index (κ2) is 19.2. The van der Waals surface area contributed by atoms with Gasteiger partial charge < -0.3 is 25.3 Å². The number of hydrogen-bond donors (Lipinski definition) is 4. The first-order valence-corrected chi connectivity index (χ1v) is 24.1. The highest BCUT2D eigenvalue weighted by Crippen LogP contribution is 2.45. The van der Waals surface area contributed by atoms with Crippen LogP contribution >= 0.6 is 35.3 Å². The lowest BCUT2D eigenvalue weighted by Crippen LogP contribution is -2.55. The number of aromatic nitrogens is 2. The van der Waals surface area contributed by atoms with Gasteiger partial charge in [0.2, 0.25) is 0 Å². The number of benzene rings is 3. The van der Waals surface area contributed by atoms with E-state index in [-0.39, 0.29) is 33.7 Å². The average molecular weight is 932 g/mol. The third kappa shape index (κ3) is 11.0. The number of carbonyl (C=O) groups excluding carboxylic acids is 1. The summed E-state index contributed by atoms with van der Waals surface area (Å²) in [4.78, 5) is 29.4. The molecule has 1 amide bonds. The molecule has 0 bridgehead atoms. The number of ether oxygens (including phenoxy) is 1. The highest BCUT2D eigenvalue weighted by Gasteiger charge is 2.36. The number of nitrogens with one attached hydrogen (secondary N) is 4. The molecule has 3 aromatic carbocycles. The number of piperazine rings is 2. The van der Waals surface area contributed by atoms with E-state index in [2.05, 4.69) is 66.0 Å². The van der Waals surface area contributed by atoms with Crippen LogP contribution in [0.5, 0.6) is 11.5 Å². The number of aromatic amines is 1. The predicted molar refractivity (Wildman–Crippen MR) is 254 cm³/mol. The van der Waals surface area contributed by atoms with Crippen molar-refractivity contribution in [3.05, 3.63) is 107 Å².